The van der Waals surface area contributed by atoms with Crippen LogP contribution < -0.4 is 11.3 Å². The Kier molecular flexibility index (Phi) is 3.49. The molecule has 7 heteroatoms. The normalized spacial score (nSPS) is 11.7. The van der Waals surface area contributed by atoms with E-state index >= 15 is 0 Å². The third kappa shape index (κ3) is 2.78. The van der Waals surface area contributed by atoms with Gasteiger partial charge in [-0.25, -0.2) is 4.79 Å². The Labute approximate surface area is 116 Å². The molecule has 0 fully saturated rings. The molecule has 0 amide bonds. The molecule has 2 rings (SSSR count). The van der Waals surface area contributed by atoms with E-state index in [1.807, 2.05) is 0 Å². The molecule has 0 atom stereocenters. The molecule has 6 nitrogen and oxygen atoms in total. The van der Waals surface area contributed by atoms with E-state index in [1.165, 1.54) is 6.07 Å². The van der Waals surface area contributed by atoms with Gasteiger partial charge in [-0.1, -0.05) is 0 Å². The van der Waals surface area contributed by atoms with E-state index < -0.39 is 18.8 Å². The van der Waals surface area contributed by atoms with Crippen molar-refractivity contribution in [2.75, 3.05) is 5.73 Å². The van der Waals surface area contributed by atoms with Gasteiger partial charge in [0.1, 0.15) is 5.60 Å². The van der Waals surface area contributed by atoms with Crippen LogP contribution in [0, 0.1) is 0 Å². The first-order valence-electron chi connectivity index (χ1n) is 6.19. The average Bonchev–Trinajstić information content (AvgIpc) is 2.64. The smallest absolute Gasteiger partial charge is 0.443 e. The molecule has 0 aliphatic heterocycles. The molecule has 0 saturated heterocycles. The number of hydrogen-bond acceptors (Lipinski definition) is 5. The van der Waals surface area contributed by atoms with Gasteiger partial charge in [0.05, 0.1) is 11.1 Å². The lowest BCUT2D eigenvalue weighted by Gasteiger charge is -2.21. The van der Waals surface area contributed by atoms with Crippen LogP contribution >= 0.6 is 0 Å². The quantitative estimate of drug-likeness (QED) is 0.525. The van der Waals surface area contributed by atoms with Crippen molar-refractivity contribution in [2.24, 2.45) is 0 Å². The second-order valence-electron chi connectivity index (χ2n) is 5.58. The Morgan fingerprint density at radius 1 is 1.30 bits per heavy atom. The first-order valence-corrected chi connectivity index (χ1v) is 6.19. The number of nitrogens with zero attached hydrogens (tertiary/aromatic N) is 1. The molecule has 0 unspecified atom stereocenters. The monoisotopic (exact) mass is 276 g/mol. The number of benzene rings is 1. The lowest BCUT2D eigenvalue weighted by molar-refractivity contribution is 0.0547. The minimum Gasteiger partial charge on any atom is -0.443 e. The van der Waals surface area contributed by atoms with Crippen LogP contribution in [0.15, 0.2) is 24.3 Å². The van der Waals surface area contributed by atoms with Crippen LogP contribution in [-0.2, 0) is 4.74 Å². The zero-order chi connectivity index (χ0) is 15.1. The summed E-state index contributed by atoms with van der Waals surface area (Å²) in [6, 6.07) is 6.43. The molecule has 106 valence electrons. The number of nitrogen functional groups attached to an aromatic ring is 1. The highest BCUT2D eigenvalue weighted by molar-refractivity contribution is 6.59. The van der Waals surface area contributed by atoms with E-state index in [2.05, 4.69) is 0 Å². The van der Waals surface area contributed by atoms with Gasteiger partial charge in [0, 0.05) is 11.1 Å². The summed E-state index contributed by atoms with van der Waals surface area (Å²) in [5, 5.41) is 19.5. The van der Waals surface area contributed by atoms with Gasteiger partial charge in [-0.05, 0) is 45.0 Å². The van der Waals surface area contributed by atoms with Crippen LogP contribution in [0.5, 0.6) is 0 Å². The molecule has 4 N–H and O–H groups in total. The first-order chi connectivity index (χ1) is 9.19. The van der Waals surface area contributed by atoms with Crippen LogP contribution in [0.25, 0.3) is 10.9 Å². The molecule has 1 aromatic heterocycles. The number of fused-ring (bicyclic) bond motifs is 1. The molecule has 20 heavy (non-hydrogen) atoms. The van der Waals surface area contributed by atoms with E-state index in [4.69, 9.17) is 10.5 Å². The number of anilines is 1. The van der Waals surface area contributed by atoms with E-state index in [0.29, 0.717) is 16.6 Å². The SMILES string of the molecule is CC(C)(C)OC(=O)n1c(B(O)O)cc2cc(N)ccc21. The summed E-state index contributed by atoms with van der Waals surface area (Å²) in [6.07, 6.45) is -0.666. The topological polar surface area (TPSA) is 97.7 Å². The number of aromatic nitrogens is 1. The average molecular weight is 276 g/mol. The van der Waals surface area contributed by atoms with Crippen LogP contribution in [0.2, 0.25) is 0 Å². The van der Waals surface area contributed by atoms with Gasteiger partial charge >= 0.3 is 13.2 Å². The van der Waals surface area contributed by atoms with Gasteiger partial charge < -0.3 is 20.5 Å². The summed E-state index contributed by atoms with van der Waals surface area (Å²) in [4.78, 5) is 12.2. The molecular formula is C13H17BN2O4. The molecule has 0 spiro atoms. The van der Waals surface area contributed by atoms with Crippen molar-refractivity contribution < 1.29 is 19.6 Å². The van der Waals surface area contributed by atoms with Gasteiger partial charge in [0.25, 0.3) is 0 Å². The maximum atomic E-state index is 12.2. The van der Waals surface area contributed by atoms with Gasteiger partial charge in [-0.15, -0.1) is 0 Å². The summed E-state index contributed by atoms with van der Waals surface area (Å²) in [5.74, 6) is 0. The predicted molar refractivity (Wildman–Crippen MR) is 77.8 cm³/mol. The van der Waals surface area contributed by atoms with E-state index in [0.717, 1.165) is 4.57 Å². The molecular weight excluding hydrogens is 259 g/mol. The summed E-state index contributed by atoms with van der Waals surface area (Å²) in [6.45, 7) is 5.22. The fourth-order valence-electron chi connectivity index (χ4n) is 1.96. The maximum absolute atomic E-state index is 12.2. The highest BCUT2D eigenvalue weighted by Gasteiger charge is 2.26. The molecule has 0 saturated carbocycles. The minimum absolute atomic E-state index is 0.0415. The summed E-state index contributed by atoms with van der Waals surface area (Å²) in [7, 11) is -1.78. The van der Waals surface area contributed by atoms with E-state index in [-0.39, 0.29) is 5.59 Å². The van der Waals surface area contributed by atoms with E-state index in [1.54, 1.807) is 39.0 Å². The first kappa shape index (κ1) is 14.4. The Balaban J connectivity index is 2.60. The highest BCUT2D eigenvalue weighted by Crippen LogP contribution is 2.19. The molecule has 1 heterocycles. The Bertz CT molecular complexity index is 658. The van der Waals surface area contributed by atoms with E-state index in [9.17, 15) is 14.8 Å². The second-order valence-corrected chi connectivity index (χ2v) is 5.58. The molecule has 0 aliphatic rings. The number of rotatable bonds is 1. The van der Waals surface area contributed by atoms with Crippen molar-refractivity contribution in [2.45, 2.75) is 26.4 Å². The Morgan fingerprint density at radius 3 is 2.50 bits per heavy atom. The Hall–Kier alpha value is -1.99. The third-order valence-corrected chi connectivity index (χ3v) is 2.69. The van der Waals surface area contributed by atoms with Gasteiger partial charge in [-0.2, -0.15) is 0 Å². The maximum Gasteiger partial charge on any atom is 0.506 e. The van der Waals surface area contributed by atoms with Gasteiger partial charge in [0.15, 0.2) is 0 Å². The van der Waals surface area contributed by atoms with Crippen molar-refractivity contribution in [1.82, 2.24) is 4.57 Å². The molecule has 0 bridgehead atoms. The number of hydrogen-bond donors (Lipinski definition) is 3. The van der Waals surface area contributed by atoms with Crippen molar-refractivity contribution in [1.29, 1.82) is 0 Å². The van der Waals surface area contributed by atoms with Crippen LogP contribution in [0.4, 0.5) is 10.5 Å². The fraction of sp³-hybridized carbons (Fsp3) is 0.308. The molecule has 2 aromatic rings. The van der Waals surface area contributed by atoms with Crippen molar-refractivity contribution in [3.8, 4) is 0 Å². The van der Waals surface area contributed by atoms with Crippen molar-refractivity contribution in [3.05, 3.63) is 24.3 Å². The van der Waals surface area contributed by atoms with Crippen LogP contribution in [0.1, 0.15) is 20.8 Å². The van der Waals surface area contributed by atoms with Crippen molar-refractivity contribution in [3.63, 3.8) is 0 Å². The largest absolute Gasteiger partial charge is 0.506 e. The number of carbonyl (C=O) groups excluding carboxylic acids is 1. The Morgan fingerprint density at radius 2 is 1.95 bits per heavy atom. The standard InChI is InChI=1S/C13H17BN2O4/c1-13(2,3)20-12(17)16-10-5-4-9(15)6-8(10)7-11(16)14(18)19/h4-7,18-19H,15H2,1-3H3. The molecule has 0 radical (unpaired) electrons. The minimum atomic E-state index is -1.78. The summed E-state index contributed by atoms with van der Waals surface area (Å²) >= 11 is 0. The number of carbonyl (C=O) groups is 1. The summed E-state index contributed by atoms with van der Waals surface area (Å²) < 4.78 is 6.43. The predicted octanol–water partition coefficient (Wildman–Crippen LogP) is 0.686. The van der Waals surface area contributed by atoms with Crippen LogP contribution in [0.3, 0.4) is 0 Å². The van der Waals surface area contributed by atoms with Gasteiger partial charge in [-0.3, -0.25) is 4.57 Å². The molecule has 1 aromatic carbocycles. The fourth-order valence-corrected chi connectivity index (χ4v) is 1.96. The molecule has 0 aliphatic carbocycles. The van der Waals surface area contributed by atoms with Crippen molar-refractivity contribution >= 4 is 35.4 Å². The zero-order valence-corrected chi connectivity index (χ0v) is 11.6. The summed E-state index contributed by atoms with van der Waals surface area (Å²) in [5.41, 5.74) is 6.08. The number of nitrogens with two attached hydrogens (primary N) is 1. The third-order valence-electron chi connectivity index (χ3n) is 2.69. The second kappa shape index (κ2) is 4.84. The number of ether oxygens (including phenoxy) is 1. The van der Waals surface area contributed by atoms with Gasteiger partial charge in [0.2, 0.25) is 0 Å². The zero-order valence-electron chi connectivity index (χ0n) is 11.6. The highest BCUT2D eigenvalue weighted by atomic mass is 16.6. The lowest BCUT2D eigenvalue weighted by Crippen LogP contribution is -2.40. The van der Waals surface area contributed by atoms with Crippen LogP contribution in [-0.4, -0.2) is 33.4 Å². The lowest BCUT2D eigenvalue weighted by atomic mass is 9.86.